The van der Waals surface area contributed by atoms with Crippen molar-refractivity contribution in [3.05, 3.63) is 63.7 Å². The van der Waals surface area contributed by atoms with Crippen molar-refractivity contribution in [2.24, 2.45) is 0 Å². The third-order valence-corrected chi connectivity index (χ3v) is 5.23. The van der Waals surface area contributed by atoms with Crippen LogP contribution in [-0.4, -0.2) is 52.3 Å². The molecule has 3 aromatic rings. The van der Waals surface area contributed by atoms with E-state index in [9.17, 15) is 9.59 Å². The van der Waals surface area contributed by atoms with Gasteiger partial charge in [-0.15, -0.1) is 0 Å². The standard InChI is InChI=1S/C21H23N5O4/c1-12-20(13(2)24-23-12)21(28)22-17-10-30-11-18(17)26-19(27)8-7-16(25-26)14-5-4-6-15(9-14)29-3/h4-9,17-18H,10-11H2,1-3H3,(H,22,28)(H,23,24). The average Bonchev–Trinajstić information content (AvgIpc) is 3.34. The molecule has 1 aliphatic rings. The van der Waals surface area contributed by atoms with Gasteiger partial charge in [0.2, 0.25) is 0 Å². The summed E-state index contributed by atoms with van der Waals surface area (Å²) in [7, 11) is 1.60. The van der Waals surface area contributed by atoms with E-state index in [2.05, 4.69) is 20.6 Å². The average molecular weight is 409 g/mol. The number of aromatic nitrogens is 4. The molecule has 30 heavy (non-hydrogen) atoms. The number of nitrogens with zero attached hydrogens (tertiary/aromatic N) is 3. The van der Waals surface area contributed by atoms with E-state index in [-0.39, 0.29) is 18.1 Å². The summed E-state index contributed by atoms with van der Waals surface area (Å²) in [6.45, 7) is 4.14. The Labute approximate surface area is 173 Å². The van der Waals surface area contributed by atoms with Crippen molar-refractivity contribution in [1.29, 1.82) is 0 Å². The fourth-order valence-electron chi connectivity index (χ4n) is 3.65. The van der Waals surface area contributed by atoms with Gasteiger partial charge in [-0.05, 0) is 32.0 Å². The highest BCUT2D eigenvalue weighted by atomic mass is 16.5. The SMILES string of the molecule is COc1cccc(-c2ccc(=O)n(C3COCC3NC(=O)c3c(C)n[nH]c3C)n2)c1. The van der Waals surface area contributed by atoms with E-state index < -0.39 is 12.1 Å². The number of hydrogen-bond acceptors (Lipinski definition) is 6. The fraction of sp³-hybridized carbons (Fsp3) is 0.333. The molecule has 0 bridgehead atoms. The van der Waals surface area contributed by atoms with Crippen LogP contribution >= 0.6 is 0 Å². The quantitative estimate of drug-likeness (QED) is 0.663. The lowest BCUT2D eigenvalue weighted by Crippen LogP contribution is -2.44. The molecule has 9 heteroatoms. The molecular weight excluding hydrogens is 386 g/mol. The van der Waals surface area contributed by atoms with Crippen LogP contribution in [-0.2, 0) is 4.74 Å². The summed E-state index contributed by atoms with van der Waals surface area (Å²) in [6.07, 6.45) is 0. The number of aryl methyl sites for hydroxylation is 2. The van der Waals surface area contributed by atoms with E-state index in [0.717, 1.165) is 5.56 Å². The van der Waals surface area contributed by atoms with Crippen LogP contribution in [0.2, 0.25) is 0 Å². The molecule has 2 atom stereocenters. The number of nitrogens with one attached hydrogen (secondary N) is 2. The Morgan fingerprint density at radius 3 is 2.83 bits per heavy atom. The van der Waals surface area contributed by atoms with Crippen LogP contribution in [0.4, 0.5) is 0 Å². The molecule has 1 fully saturated rings. The van der Waals surface area contributed by atoms with Gasteiger partial charge in [-0.3, -0.25) is 14.7 Å². The molecule has 9 nitrogen and oxygen atoms in total. The zero-order valence-corrected chi connectivity index (χ0v) is 17.0. The number of benzene rings is 1. The molecular formula is C21H23N5O4. The maximum atomic E-state index is 12.8. The first-order chi connectivity index (χ1) is 14.5. The molecule has 2 N–H and O–H groups in total. The zero-order valence-electron chi connectivity index (χ0n) is 17.0. The molecule has 156 valence electrons. The van der Waals surface area contributed by atoms with Gasteiger partial charge in [-0.25, -0.2) is 4.68 Å². The third-order valence-electron chi connectivity index (χ3n) is 5.23. The van der Waals surface area contributed by atoms with Crippen LogP contribution in [0.5, 0.6) is 5.75 Å². The molecule has 0 spiro atoms. The number of carbonyl (C=O) groups excluding carboxylic acids is 1. The van der Waals surface area contributed by atoms with E-state index >= 15 is 0 Å². The largest absolute Gasteiger partial charge is 0.497 e. The first-order valence-corrected chi connectivity index (χ1v) is 9.62. The van der Waals surface area contributed by atoms with Crippen molar-refractivity contribution < 1.29 is 14.3 Å². The summed E-state index contributed by atoms with van der Waals surface area (Å²) in [5.41, 5.74) is 3.02. The molecule has 0 saturated carbocycles. The van der Waals surface area contributed by atoms with Gasteiger partial charge in [0, 0.05) is 17.3 Å². The Bertz CT molecular complexity index is 1120. The summed E-state index contributed by atoms with van der Waals surface area (Å²) in [5.74, 6) is 0.448. The van der Waals surface area contributed by atoms with E-state index in [1.807, 2.05) is 24.3 Å². The summed E-state index contributed by atoms with van der Waals surface area (Å²) < 4.78 is 12.2. The minimum Gasteiger partial charge on any atom is -0.497 e. The lowest BCUT2D eigenvalue weighted by Gasteiger charge is -2.21. The second-order valence-corrected chi connectivity index (χ2v) is 7.23. The Hall–Kier alpha value is -3.46. The number of aromatic amines is 1. The zero-order chi connectivity index (χ0) is 21.3. The molecule has 1 saturated heterocycles. The highest BCUT2D eigenvalue weighted by Crippen LogP contribution is 2.23. The Morgan fingerprint density at radius 1 is 1.27 bits per heavy atom. The first kappa shape index (κ1) is 19.8. The number of ether oxygens (including phenoxy) is 2. The predicted molar refractivity (Wildman–Crippen MR) is 110 cm³/mol. The van der Waals surface area contributed by atoms with Crippen molar-refractivity contribution in [2.75, 3.05) is 20.3 Å². The van der Waals surface area contributed by atoms with Gasteiger partial charge in [-0.2, -0.15) is 10.2 Å². The van der Waals surface area contributed by atoms with Gasteiger partial charge in [0.25, 0.3) is 11.5 Å². The highest BCUT2D eigenvalue weighted by molar-refractivity contribution is 5.96. The molecule has 1 aliphatic heterocycles. The van der Waals surface area contributed by atoms with Gasteiger partial charge in [0.15, 0.2) is 0 Å². The van der Waals surface area contributed by atoms with Gasteiger partial charge >= 0.3 is 0 Å². The maximum absolute atomic E-state index is 12.8. The van der Waals surface area contributed by atoms with Crippen LogP contribution in [0.3, 0.4) is 0 Å². The minimum atomic E-state index is -0.417. The van der Waals surface area contributed by atoms with E-state index in [1.165, 1.54) is 10.7 Å². The smallest absolute Gasteiger partial charge is 0.267 e. The Morgan fingerprint density at radius 2 is 2.10 bits per heavy atom. The van der Waals surface area contributed by atoms with Gasteiger partial charge in [0.1, 0.15) is 11.8 Å². The fourth-order valence-corrected chi connectivity index (χ4v) is 3.65. The number of methoxy groups -OCH3 is 1. The van der Waals surface area contributed by atoms with Crippen molar-refractivity contribution >= 4 is 5.91 Å². The number of carbonyl (C=O) groups is 1. The topological polar surface area (TPSA) is 111 Å². The van der Waals surface area contributed by atoms with Crippen molar-refractivity contribution in [3.63, 3.8) is 0 Å². The molecule has 2 unspecified atom stereocenters. The number of hydrogen-bond donors (Lipinski definition) is 2. The summed E-state index contributed by atoms with van der Waals surface area (Å²) in [6, 6.07) is 9.80. The second-order valence-electron chi connectivity index (χ2n) is 7.23. The van der Waals surface area contributed by atoms with Crippen molar-refractivity contribution in [1.82, 2.24) is 25.3 Å². The lowest BCUT2D eigenvalue weighted by molar-refractivity contribution is 0.0923. The number of rotatable bonds is 5. The summed E-state index contributed by atoms with van der Waals surface area (Å²) in [5, 5.41) is 14.4. The maximum Gasteiger partial charge on any atom is 0.267 e. The Kier molecular flexibility index (Phi) is 5.37. The van der Waals surface area contributed by atoms with Crippen LogP contribution in [0, 0.1) is 13.8 Å². The molecule has 1 amide bonds. The highest BCUT2D eigenvalue weighted by Gasteiger charge is 2.33. The Balaban J connectivity index is 1.62. The van der Waals surface area contributed by atoms with E-state index in [1.54, 1.807) is 27.0 Å². The van der Waals surface area contributed by atoms with E-state index in [0.29, 0.717) is 35.0 Å². The van der Waals surface area contributed by atoms with E-state index in [4.69, 9.17) is 9.47 Å². The number of H-pyrrole nitrogens is 1. The lowest BCUT2D eigenvalue weighted by atomic mass is 10.1. The van der Waals surface area contributed by atoms with Crippen LogP contribution in [0.1, 0.15) is 27.8 Å². The molecule has 0 aliphatic carbocycles. The number of amides is 1. The molecule has 2 aromatic heterocycles. The molecule has 4 rings (SSSR count). The first-order valence-electron chi connectivity index (χ1n) is 9.62. The molecule has 0 radical (unpaired) electrons. The van der Waals surface area contributed by atoms with Gasteiger partial charge in [0.05, 0.1) is 43.3 Å². The second kappa shape index (κ2) is 8.11. The van der Waals surface area contributed by atoms with Crippen molar-refractivity contribution in [2.45, 2.75) is 25.9 Å². The normalized spacial score (nSPS) is 18.4. The van der Waals surface area contributed by atoms with Crippen LogP contribution < -0.4 is 15.6 Å². The monoisotopic (exact) mass is 409 g/mol. The van der Waals surface area contributed by atoms with Gasteiger partial charge < -0.3 is 14.8 Å². The van der Waals surface area contributed by atoms with Crippen LogP contribution in [0.15, 0.2) is 41.2 Å². The predicted octanol–water partition coefficient (Wildman–Crippen LogP) is 1.63. The van der Waals surface area contributed by atoms with Gasteiger partial charge in [-0.1, -0.05) is 12.1 Å². The van der Waals surface area contributed by atoms with Crippen LogP contribution in [0.25, 0.3) is 11.3 Å². The summed E-state index contributed by atoms with van der Waals surface area (Å²) in [4.78, 5) is 25.3. The van der Waals surface area contributed by atoms with Crippen molar-refractivity contribution in [3.8, 4) is 17.0 Å². The molecule has 3 heterocycles. The molecule has 1 aromatic carbocycles. The minimum absolute atomic E-state index is 0.253. The summed E-state index contributed by atoms with van der Waals surface area (Å²) >= 11 is 0. The third kappa shape index (κ3) is 3.71.